The van der Waals surface area contributed by atoms with Gasteiger partial charge < -0.3 is 4.90 Å². The molecule has 3 nitrogen and oxygen atoms in total. The Bertz CT molecular complexity index is 451. The molecule has 0 radical (unpaired) electrons. The van der Waals surface area contributed by atoms with Crippen LogP contribution in [0.1, 0.15) is 69.3 Å². The highest BCUT2D eigenvalue weighted by atomic mass is 32.1. The Morgan fingerprint density at radius 2 is 2.05 bits per heavy atom. The Hall–Kier alpha value is -0.870. The molecule has 0 aromatic carbocycles. The average molecular weight is 306 g/mol. The van der Waals surface area contributed by atoms with E-state index in [2.05, 4.69) is 34.7 Å². The van der Waals surface area contributed by atoms with Crippen molar-refractivity contribution < 1.29 is 4.79 Å². The third-order valence-electron chi connectivity index (χ3n) is 4.80. The van der Waals surface area contributed by atoms with E-state index < -0.39 is 0 Å². The minimum absolute atomic E-state index is 0.0188. The summed E-state index contributed by atoms with van der Waals surface area (Å²) in [6, 6.07) is 4.70. The summed E-state index contributed by atoms with van der Waals surface area (Å²) in [6.45, 7) is 2.16. The fourth-order valence-electron chi connectivity index (χ4n) is 3.74. The number of nitrogens with zero attached hydrogens (tertiary/aromatic N) is 1. The molecular weight excluding hydrogens is 280 g/mol. The van der Waals surface area contributed by atoms with Crippen LogP contribution in [-0.2, 0) is 4.79 Å². The normalized spacial score (nSPS) is 28.0. The molecule has 1 aliphatic carbocycles. The van der Waals surface area contributed by atoms with Gasteiger partial charge in [-0.25, -0.2) is 0 Å². The van der Waals surface area contributed by atoms with E-state index in [9.17, 15) is 4.79 Å². The van der Waals surface area contributed by atoms with Crippen LogP contribution in [0.15, 0.2) is 17.5 Å². The smallest absolute Gasteiger partial charge is 0.241 e. The predicted octanol–water partition coefficient (Wildman–Crippen LogP) is 4.07. The standard InChI is InChI=1S/C17H26N2OS/c1-2-8-14-17(20)19(13-9-5-3-4-6-10-13)16(18-14)15-11-7-12-21-15/h7,11-14,16,18H,2-6,8-10H2,1H3. The zero-order chi connectivity index (χ0) is 14.7. The summed E-state index contributed by atoms with van der Waals surface area (Å²) < 4.78 is 0. The zero-order valence-corrected chi connectivity index (χ0v) is 13.7. The van der Waals surface area contributed by atoms with Gasteiger partial charge in [-0.2, -0.15) is 0 Å². The van der Waals surface area contributed by atoms with E-state index in [0.717, 1.165) is 12.8 Å². The van der Waals surface area contributed by atoms with Crippen LogP contribution in [0.4, 0.5) is 0 Å². The van der Waals surface area contributed by atoms with Gasteiger partial charge in [0.2, 0.25) is 5.91 Å². The van der Waals surface area contributed by atoms with Gasteiger partial charge in [0.05, 0.1) is 6.04 Å². The molecule has 2 heterocycles. The molecule has 1 aliphatic heterocycles. The van der Waals surface area contributed by atoms with Crippen molar-refractivity contribution in [1.29, 1.82) is 0 Å². The van der Waals surface area contributed by atoms with Gasteiger partial charge >= 0.3 is 0 Å². The molecule has 2 aliphatic rings. The summed E-state index contributed by atoms with van der Waals surface area (Å²) in [5, 5.41) is 5.71. The predicted molar refractivity (Wildman–Crippen MR) is 87.2 cm³/mol. The van der Waals surface area contributed by atoms with Crippen molar-refractivity contribution in [2.45, 2.75) is 76.5 Å². The molecule has 1 saturated carbocycles. The van der Waals surface area contributed by atoms with Gasteiger partial charge in [-0.1, -0.05) is 45.1 Å². The molecule has 4 heteroatoms. The molecule has 1 aromatic rings. The third kappa shape index (κ3) is 3.16. The molecule has 1 saturated heterocycles. The van der Waals surface area contributed by atoms with Gasteiger partial charge in [0, 0.05) is 10.9 Å². The molecule has 3 rings (SSSR count). The fourth-order valence-corrected chi connectivity index (χ4v) is 4.52. The molecule has 21 heavy (non-hydrogen) atoms. The van der Waals surface area contributed by atoms with Crippen molar-refractivity contribution in [3.05, 3.63) is 22.4 Å². The Kier molecular flexibility index (Phi) is 4.96. The summed E-state index contributed by atoms with van der Waals surface area (Å²) in [4.78, 5) is 16.4. The molecule has 1 N–H and O–H groups in total. The van der Waals surface area contributed by atoms with Crippen LogP contribution >= 0.6 is 11.3 Å². The van der Waals surface area contributed by atoms with Crippen LogP contribution in [0, 0.1) is 0 Å². The average Bonchev–Trinajstić information content (AvgIpc) is 3.02. The first-order valence-electron chi connectivity index (χ1n) is 8.43. The second kappa shape index (κ2) is 6.93. The lowest BCUT2D eigenvalue weighted by Gasteiger charge is -2.31. The van der Waals surface area contributed by atoms with Crippen molar-refractivity contribution >= 4 is 17.2 Å². The second-order valence-corrected chi connectivity index (χ2v) is 7.30. The lowest BCUT2D eigenvalue weighted by molar-refractivity contribution is -0.132. The minimum atomic E-state index is 0.0188. The Morgan fingerprint density at radius 3 is 2.67 bits per heavy atom. The molecule has 0 spiro atoms. The summed E-state index contributed by atoms with van der Waals surface area (Å²) in [7, 11) is 0. The quantitative estimate of drug-likeness (QED) is 0.850. The van der Waals surface area contributed by atoms with E-state index >= 15 is 0 Å². The van der Waals surface area contributed by atoms with E-state index in [0.29, 0.717) is 11.9 Å². The SMILES string of the molecule is CCCC1NC(c2cccs2)N(C2CCCCCC2)C1=O. The molecule has 1 amide bonds. The van der Waals surface area contributed by atoms with E-state index in [1.165, 1.54) is 43.4 Å². The number of amides is 1. The van der Waals surface area contributed by atoms with Gasteiger partial charge in [-0.3, -0.25) is 10.1 Å². The highest BCUT2D eigenvalue weighted by Crippen LogP contribution is 2.35. The van der Waals surface area contributed by atoms with E-state index in [1.807, 2.05) is 0 Å². The number of hydrogen-bond donors (Lipinski definition) is 1. The number of thiophene rings is 1. The minimum Gasteiger partial charge on any atom is -0.318 e. The van der Waals surface area contributed by atoms with Gasteiger partial charge in [0.25, 0.3) is 0 Å². The third-order valence-corrected chi connectivity index (χ3v) is 5.72. The summed E-state index contributed by atoms with van der Waals surface area (Å²) in [5.41, 5.74) is 0. The Labute approximate surface area is 131 Å². The number of hydrogen-bond acceptors (Lipinski definition) is 3. The first kappa shape index (κ1) is 15.0. The first-order valence-corrected chi connectivity index (χ1v) is 9.31. The maximum Gasteiger partial charge on any atom is 0.241 e. The number of carbonyl (C=O) groups excluding carboxylic acids is 1. The van der Waals surface area contributed by atoms with Gasteiger partial charge in [0.1, 0.15) is 6.17 Å². The van der Waals surface area contributed by atoms with Gasteiger partial charge in [-0.05, 0) is 30.7 Å². The van der Waals surface area contributed by atoms with Crippen LogP contribution in [0.3, 0.4) is 0 Å². The summed E-state index contributed by atoms with van der Waals surface area (Å²) in [6.07, 6.45) is 9.65. The number of rotatable bonds is 4. The lowest BCUT2D eigenvalue weighted by Crippen LogP contribution is -2.39. The number of carbonyl (C=O) groups is 1. The number of nitrogens with one attached hydrogen (secondary N) is 1. The highest BCUT2D eigenvalue weighted by Gasteiger charge is 2.42. The largest absolute Gasteiger partial charge is 0.318 e. The topological polar surface area (TPSA) is 32.3 Å². The highest BCUT2D eigenvalue weighted by molar-refractivity contribution is 7.10. The van der Waals surface area contributed by atoms with Gasteiger partial charge in [0.15, 0.2) is 0 Å². The van der Waals surface area contributed by atoms with E-state index in [-0.39, 0.29) is 12.2 Å². The van der Waals surface area contributed by atoms with E-state index in [4.69, 9.17) is 0 Å². The van der Waals surface area contributed by atoms with Crippen molar-refractivity contribution in [1.82, 2.24) is 10.2 Å². The summed E-state index contributed by atoms with van der Waals surface area (Å²) in [5.74, 6) is 0.335. The zero-order valence-electron chi connectivity index (χ0n) is 12.9. The van der Waals surface area contributed by atoms with Crippen molar-refractivity contribution in [3.63, 3.8) is 0 Å². The van der Waals surface area contributed by atoms with E-state index in [1.54, 1.807) is 11.3 Å². The molecule has 1 aromatic heterocycles. The van der Waals surface area contributed by atoms with Crippen LogP contribution in [0.2, 0.25) is 0 Å². The van der Waals surface area contributed by atoms with Crippen molar-refractivity contribution in [2.75, 3.05) is 0 Å². The van der Waals surface area contributed by atoms with Crippen molar-refractivity contribution in [2.24, 2.45) is 0 Å². The Balaban J connectivity index is 1.83. The van der Waals surface area contributed by atoms with Crippen LogP contribution in [-0.4, -0.2) is 22.9 Å². The van der Waals surface area contributed by atoms with Crippen molar-refractivity contribution in [3.8, 4) is 0 Å². The molecule has 2 fully saturated rings. The van der Waals surface area contributed by atoms with Crippen LogP contribution in [0.25, 0.3) is 0 Å². The second-order valence-electron chi connectivity index (χ2n) is 6.32. The lowest BCUT2D eigenvalue weighted by atomic mass is 10.1. The maximum atomic E-state index is 12.9. The summed E-state index contributed by atoms with van der Waals surface area (Å²) >= 11 is 1.76. The van der Waals surface area contributed by atoms with Gasteiger partial charge in [-0.15, -0.1) is 11.3 Å². The maximum absolute atomic E-state index is 12.9. The molecule has 2 unspecified atom stereocenters. The monoisotopic (exact) mass is 306 g/mol. The first-order chi connectivity index (χ1) is 10.3. The molecule has 0 bridgehead atoms. The molecule has 2 atom stereocenters. The molecule has 116 valence electrons. The van der Waals surface area contributed by atoms with Crippen LogP contribution < -0.4 is 5.32 Å². The Morgan fingerprint density at radius 1 is 1.29 bits per heavy atom. The molecular formula is C17H26N2OS. The fraction of sp³-hybridized carbons (Fsp3) is 0.706. The van der Waals surface area contributed by atoms with Crippen LogP contribution in [0.5, 0.6) is 0 Å².